The van der Waals surface area contributed by atoms with E-state index in [1.165, 1.54) is 11.1 Å². The molecule has 0 amide bonds. The molecule has 4 heteroatoms. The maximum absolute atomic E-state index is 9.53. The molecule has 0 radical (unpaired) electrons. The molecule has 0 N–H and O–H groups in total. The second kappa shape index (κ2) is 4.52. The minimum Gasteiger partial charge on any atom is -0.493 e. The van der Waals surface area contributed by atoms with E-state index < -0.39 is 5.41 Å². The molecule has 3 rings (SSSR count). The highest BCUT2D eigenvalue weighted by Gasteiger charge is 2.48. The Labute approximate surface area is 113 Å². The van der Waals surface area contributed by atoms with Crippen molar-refractivity contribution in [1.82, 2.24) is 4.90 Å². The van der Waals surface area contributed by atoms with Crippen molar-refractivity contribution in [2.45, 2.75) is 12.5 Å². The highest BCUT2D eigenvalue weighted by molar-refractivity contribution is 5.42. The van der Waals surface area contributed by atoms with Crippen LogP contribution in [0, 0.1) is 16.7 Å². The molecule has 0 bridgehead atoms. The second-order valence-electron chi connectivity index (χ2n) is 5.59. The van der Waals surface area contributed by atoms with Crippen LogP contribution in [-0.2, 0) is 11.2 Å². The molecule has 1 saturated heterocycles. The molecule has 1 atom stereocenters. The smallest absolute Gasteiger partial charge is 0.123 e. The Balaban J connectivity index is 1.99. The van der Waals surface area contributed by atoms with Crippen LogP contribution < -0.4 is 4.74 Å². The third-order valence-electron chi connectivity index (χ3n) is 4.01. The number of fused-ring (bicyclic) bond motifs is 1. The predicted molar refractivity (Wildman–Crippen MR) is 70.9 cm³/mol. The minimum atomic E-state index is -0.419. The van der Waals surface area contributed by atoms with E-state index in [1.54, 1.807) is 0 Å². The zero-order valence-electron chi connectivity index (χ0n) is 11.3. The number of ether oxygens (including phenoxy) is 2. The topological polar surface area (TPSA) is 45.5 Å². The molecule has 19 heavy (non-hydrogen) atoms. The number of rotatable bonds is 3. The fraction of sp³-hybridized carbons (Fsp3) is 0.533. The first-order chi connectivity index (χ1) is 9.16. The molecule has 1 unspecified atom stereocenters. The molecule has 2 aliphatic rings. The van der Waals surface area contributed by atoms with Gasteiger partial charge in [-0.25, -0.2) is 0 Å². The number of nitrogens with zero attached hydrogens (tertiary/aromatic N) is 2. The third-order valence-corrected chi connectivity index (χ3v) is 4.01. The molecule has 2 aliphatic heterocycles. The van der Waals surface area contributed by atoms with Crippen molar-refractivity contribution in [2.24, 2.45) is 5.41 Å². The first-order valence-corrected chi connectivity index (χ1v) is 6.57. The third kappa shape index (κ3) is 1.90. The van der Waals surface area contributed by atoms with Crippen LogP contribution in [0.5, 0.6) is 5.75 Å². The Bertz CT molecular complexity index is 529. The summed E-state index contributed by atoms with van der Waals surface area (Å²) in [5, 5.41) is 9.53. The number of hydrogen-bond donors (Lipinski definition) is 0. The van der Waals surface area contributed by atoms with Gasteiger partial charge < -0.3 is 14.4 Å². The van der Waals surface area contributed by atoms with Crippen molar-refractivity contribution in [3.8, 4) is 11.8 Å². The summed E-state index contributed by atoms with van der Waals surface area (Å²) in [4.78, 5) is 2.11. The van der Waals surface area contributed by atoms with Crippen molar-refractivity contribution in [3.05, 3.63) is 29.3 Å². The van der Waals surface area contributed by atoms with E-state index >= 15 is 0 Å². The van der Waals surface area contributed by atoms with E-state index in [-0.39, 0.29) is 6.04 Å². The van der Waals surface area contributed by atoms with Gasteiger partial charge in [0.2, 0.25) is 0 Å². The van der Waals surface area contributed by atoms with Crippen LogP contribution in [0.25, 0.3) is 0 Å². The lowest BCUT2D eigenvalue weighted by atomic mass is 9.75. The SMILES string of the molecule is CN(C)C(c1ccc2c(c1)CCO2)C1(C#N)COC1. The van der Waals surface area contributed by atoms with Gasteiger partial charge in [0.25, 0.3) is 0 Å². The Morgan fingerprint density at radius 3 is 2.74 bits per heavy atom. The van der Waals surface area contributed by atoms with Crippen LogP contribution in [-0.4, -0.2) is 38.8 Å². The maximum Gasteiger partial charge on any atom is 0.123 e. The molecular formula is C15H18N2O2. The molecule has 1 aromatic rings. The average Bonchev–Trinajstić information content (AvgIpc) is 2.80. The van der Waals surface area contributed by atoms with E-state index in [2.05, 4.69) is 23.1 Å². The van der Waals surface area contributed by atoms with Gasteiger partial charge in [-0.15, -0.1) is 0 Å². The lowest BCUT2D eigenvalue weighted by Crippen LogP contribution is -2.50. The molecule has 4 nitrogen and oxygen atoms in total. The first-order valence-electron chi connectivity index (χ1n) is 6.57. The lowest BCUT2D eigenvalue weighted by molar-refractivity contribution is -0.115. The Morgan fingerprint density at radius 1 is 1.37 bits per heavy atom. The lowest BCUT2D eigenvalue weighted by Gasteiger charge is -2.44. The van der Waals surface area contributed by atoms with E-state index in [0.717, 1.165) is 18.8 Å². The van der Waals surface area contributed by atoms with Crippen molar-refractivity contribution in [2.75, 3.05) is 33.9 Å². The summed E-state index contributed by atoms with van der Waals surface area (Å²) in [6.07, 6.45) is 0.958. The molecule has 1 aromatic carbocycles. The molecule has 0 aromatic heterocycles. The summed E-state index contributed by atoms with van der Waals surface area (Å²) in [7, 11) is 4.04. The summed E-state index contributed by atoms with van der Waals surface area (Å²) in [5.74, 6) is 0.983. The van der Waals surface area contributed by atoms with E-state index in [1.807, 2.05) is 20.2 Å². The number of nitriles is 1. The zero-order valence-corrected chi connectivity index (χ0v) is 11.3. The number of hydrogen-bond acceptors (Lipinski definition) is 4. The van der Waals surface area contributed by atoms with Crippen LogP contribution >= 0.6 is 0 Å². The summed E-state index contributed by atoms with van der Waals surface area (Å²) in [5.41, 5.74) is 2.01. The van der Waals surface area contributed by atoms with Crippen molar-refractivity contribution in [1.29, 1.82) is 5.26 Å². The molecule has 1 fully saturated rings. The highest BCUT2D eigenvalue weighted by atomic mass is 16.5. The van der Waals surface area contributed by atoms with Crippen molar-refractivity contribution < 1.29 is 9.47 Å². The van der Waals surface area contributed by atoms with Gasteiger partial charge >= 0.3 is 0 Å². The molecule has 100 valence electrons. The van der Waals surface area contributed by atoms with Gasteiger partial charge in [-0.2, -0.15) is 5.26 Å². The predicted octanol–water partition coefficient (Wildman–Crippen LogP) is 1.76. The minimum absolute atomic E-state index is 0.0668. The van der Waals surface area contributed by atoms with Gasteiger partial charge in [0.05, 0.1) is 31.9 Å². The van der Waals surface area contributed by atoms with E-state index in [4.69, 9.17) is 9.47 Å². The van der Waals surface area contributed by atoms with Gasteiger partial charge in [-0.3, -0.25) is 0 Å². The highest BCUT2D eigenvalue weighted by Crippen LogP contribution is 2.44. The Kier molecular flexibility index (Phi) is 2.96. The summed E-state index contributed by atoms with van der Waals surface area (Å²) < 4.78 is 10.8. The van der Waals surface area contributed by atoms with Crippen LogP contribution in [0.3, 0.4) is 0 Å². The maximum atomic E-state index is 9.53. The normalized spacial score (nSPS) is 21.2. The van der Waals surface area contributed by atoms with Gasteiger partial charge in [-0.1, -0.05) is 12.1 Å². The van der Waals surface area contributed by atoms with Crippen molar-refractivity contribution in [3.63, 3.8) is 0 Å². The molecular weight excluding hydrogens is 240 g/mol. The summed E-state index contributed by atoms with van der Waals surface area (Å²) in [6, 6.07) is 8.82. The second-order valence-corrected chi connectivity index (χ2v) is 5.59. The largest absolute Gasteiger partial charge is 0.493 e. The monoisotopic (exact) mass is 258 g/mol. The first kappa shape index (κ1) is 12.5. The molecule has 2 heterocycles. The fourth-order valence-corrected chi connectivity index (χ4v) is 3.09. The standard InChI is InChI=1S/C15H18N2O2/c1-17(2)14(15(8-16)9-18-10-15)12-3-4-13-11(7-12)5-6-19-13/h3-4,7,14H,5-6,9-10H2,1-2H3. The van der Waals surface area contributed by atoms with Crippen LogP contribution in [0.4, 0.5) is 0 Å². The molecule has 0 saturated carbocycles. The van der Waals surface area contributed by atoms with Crippen LogP contribution in [0.1, 0.15) is 17.2 Å². The average molecular weight is 258 g/mol. The number of benzene rings is 1. The van der Waals surface area contributed by atoms with Crippen LogP contribution in [0.15, 0.2) is 18.2 Å². The zero-order chi connectivity index (χ0) is 13.5. The fourth-order valence-electron chi connectivity index (χ4n) is 3.09. The van der Waals surface area contributed by atoms with Gasteiger partial charge in [0.1, 0.15) is 11.2 Å². The Morgan fingerprint density at radius 2 is 2.16 bits per heavy atom. The summed E-state index contributed by atoms with van der Waals surface area (Å²) >= 11 is 0. The molecule has 0 aliphatic carbocycles. The van der Waals surface area contributed by atoms with Crippen LogP contribution in [0.2, 0.25) is 0 Å². The van der Waals surface area contributed by atoms with Gasteiger partial charge in [0, 0.05) is 6.42 Å². The quantitative estimate of drug-likeness (QED) is 0.829. The molecule has 0 spiro atoms. The van der Waals surface area contributed by atoms with E-state index in [9.17, 15) is 5.26 Å². The van der Waals surface area contributed by atoms with Crippen molar-refractivity contribution >= 4 is 0 Å². The van der Waals surface area contributed by atoms with Gasteiger partial charge in [-0.05, 0) is 31.3 Å². The van der Waals surface area contributed by atoms with E-state index in [0.29, 0.717) is 13.2 Å². The Hall–Kier alpha value is -1.57. The van der Waals surface area contributed by atoms with Gasteiger partial charge in [0.15, 0.2) is 0 Å². The summed E-state index contributed by atoms with van der Waals surface area (Å²) in [6.45, 7) is 1.79.